The number of carbonyl (C=O) groups excluding carboxylic acids is 1. The number of ether oxygens (including phenoxy) is 1. The van der Waals surface area contributed by atoms with Gasteiger partial charge in [-0.2, -0.15) is 5.10 Å². The van der Waals surface area contributed by atoms with E-state index >= 15 is 0 Å². The average Bonchev–Trinajstić information content (AvgIpc) is 3.24. The lowest BCUT2D eigenvalue weighted by atomic mass is 9.86. The normalized spacial score (nSPS) is 25.8. The maximum atomic E-state index is 13.5. The molecule has 3 saturated heterocycles. The second-order valence-corrected chi connectivity index (χ2v) is 7.40. The fourth-order valence-corrected chi connectivity index (χ4v) is 4.54. The van der Waals surface area contributed by atoms with E-state index < -0.39 is 5.54 Å². The Bertz CT molecular complexity index is 556. The zero-order valence-electron chi connectivity index (χ0n) is 14.9. The van der Waals surface area contributed by atoms with Gasteiger partial charge in [-0.3, -0.25) is 14.4 Å². The lowest BCUT2D eigenvalue weighted by Gasteiger charge is -2.45. The van der Waals surface area contributed by atoms with Crippen LogP contribution in [-0.4, -0.2) is 84.0 Å². The number of nitrogens with zero attached hydrogens (tertiary/aromatic N) is 4. The number of piperidine rings is 1. The second kappa shape index (κ2) is 7.43. The standard InChI is InChI=1S/C18H29N5O2/c24-17(18(4-7-19-8-5-18)23-9-1-6-20-23)22-12-10-21(11-13-22)16-2-14-25-15-3-16/h1,6,9,16,19H,2-5,7-8,10-15H2. The zero-order chi connectivity index (χ0) is 17.1. The van der Waals surface area contributed by atoms with Crippen molar-refractivity contribution in [2.24, 2.45) is 0 Å². The fraction of sp³-hybridized carbons (Fsp3) is 0.778. The minimum atomic E-state index is -0.504. The first-order chi connectivity index (χ1) is 12.3. The molecule has 0 atom stereocenters. The highest BCUT2D eigenvalue weighted by Gasteiger charge is 2.45. The highest BCUT2D eigenvalue weighted by Crippen LogP contribution is 2.30. The number of hydrogen-bond acceptors (Lipinski definition) is 5. The summed E-state index contributed by atoms with van der Waals surface area (Å²) in [4.78, 5) is 18.1. The molecule has 4 rings (SSSR count). The van der Waals surface area contributed by atoms with Crippen molar-refractivity contribution in [3.63, 3.8) is 0 Å². The van der Waals surface area contributed by atoms with E-state index in [2.05, 4.69) is 20.2 Å². The molecule has 1 aromatic heterocycles. The molecule has 1 N–H and O–H groups in total. The van der Waals surface area contributed by atoms with E-state index in [9.17, 15) is 4.79 Å². The number of aromatic nitrogens is 2. The molecule has 0 unspecified atom stereocenters. The van der Waals surface area contributed by atoms with Gasteiger partial charge in [0.25, 0.3) is 5.91 Å². The first-order valence-corrected chi connectivity index (χ1v) is 9.62. The minimum Gasteiger partial charge on any atom is -0.381 e. The highest BCUT2D eigenvalue weighted by molar-refractivity contribution is 5.84. The van der Waals surface area contributed by atoms with E-state index in [1.165, 1.54) is 0 Å². The van der Waals surface area contributed by atoms with Crippen LogP contribution in [0, 0.1) is 0 Å². The smallest absolute Gasteiger partial charge is 0.250 e. The average molecular weight is 347 g/mol. The Balaban J connectivity index is 1.43. The van der Waals surface area contributed by atoms with Gasteiger partial charge in [0, 0.05) is 57.8 Å². The molecule has 7 nitrogen and oxygen atoms in total. The molecule has 4 heterocycles. The van der Waals surface area contributed by atoms with Crippen LogP contribution in [0.2, 0.25) is 0 Å². The van der Waals surface area contributed by atoms with Crippen LogP contribution in [0.1, 0.15) is 25.7 Å². The van der Waals surface area contributed by atoms with Gasteiger partial charge in [-0.05, 0) is 44.8 Å². The van der Waals surface area contributed by atoms with Crippen molar-refractivity contribution in [1.82, 2.24) is 24.9 Å². The van der Waals surface area contributed by atoms with Gasteiger partial charge in [0.15, 0.2) is 0 Å². The van der Waals surface area contributed by atoms with Gasteiger partial charge in [0.2, 0.25) is 0 Å². The van der Waals surface area contributed by atoms with Gasteiger partial charge in [0.05, 0.1) is 0 Å². The van der Waals surface area contributed by atoms with Gasteiger partial charge >= 0.3 is 0 Å². The lowest BCUT2D eigenvalue weighted by Crippen LogP contribution is -2.60. The predicted molar refractivity (Wildman–Crippen MR) is 94.3 cm³/mol. The maximum Gasteiger partial charge on any atom is 0.250 e. The van der Waals surface area contributed by atoms with Crippen molar-refractivity contribution >= 4 is 5.91 Å². The summed E-state index contributed by atoms with van der Waals surface area (Å²) >= 11 is 0. The van der Waals surface area contributed by atoms with E-state index in [4.69, 9.17) is 4.74 Å². The van der Waals surface area contributed by atoms with Crippen LogP contribution in [0.5, 0.6) is 0 Å². The molecule has 25 heavy (non-hydrogen) atoms. The summed E-state index contributed by atoms with van der Waals surface area (Å²) < 4.78 is 7.38. The van der Waals surface area contributed by atoms with Crippen molar-refractivity contribution in [1.29, 1.82) is 0 Å². The zero-order valence-corrected chi connectivity index (χ0v) is 14.9. The molecule has 7 heteroatoms. The van der Waals surface area contributed by atoms with Gasteiger partial charge in [-0.15, -0.1) is 0 Å². The number of carbonyl (C=O) groups is 1. The molecule has 3 aliphatic rings. The molecule has 3 aliphatic heterocycles. The molecule has 0 bridgehead atoms. The summed E-state index contributed by atoms with van der Waals surface area (Å²) in [6.45, 7) is 7.09. The van der Waals surface area contributed by atoms with E-state index in [0.717, 1.165) is 78.2 Å². The summed E-state index contributed by atoms with van der Waals surface area (Å²) in [5, 5.41) is 7.81. The van der Waals surface area contributed by atoms with Gasteiger partial charge in [0.1, 0.15) is 5.54 Å². The van der Waals surface area contributed by atoms with Crippen molar-refractivity contribution in [3.8, 4) is 0 Å². The van der Waals surface area contributed by atoms with Crippen LogP contribution in [-0.2, 0) is 15.1 Å². The number of rotatable bonds is 3. The number of nitrogens with one attached hydrogen (secondary N) is 1. The Labute approximate surface area is 149 Å². The monoisotopic (exact) mass is 347 g/mol. The number of piperazine rings is 1. The Kier molecular flexibility index (Phi) is 5.05. The van der Waals surface area contributed by atoms with Crippen LogP contribution < -0.4 is 5.32 Å². The lowest BCUT2D eigenvalue weighted by molar-refractivity contribution is -0.145. The molecule has 0 aromatic carbocycles. The number of amides is 1. The Morgan fingerprint density at radius 2 is 1.84 bits per heavy atom. The molecule has 0 spiro atoms. The Morgan fingerprint density at radius 3 is 2.48 bits per heavy atom. The van der Waals surface area contributed by atoms with Crippen LogP contribution in [0.25, 0.3) is 0 Å². The third kappa shape index (κ3) is 3.32. The molecule has 0 radical (unpaired) electrons. The molecule has 138 valence electrons. The first-order valence-electron chi connectivity index (χ1n) is 9.62. The summed E-state index contributed by atoms with van der Waals surface area (Å²) in [6.07, 6.45) is 7.59. The topological polar surface area (TPSA) is 62.6 Å². The molecular weight excluding hydrogens is 318 g/mol. The number of hydrogen-bond donors (Lipinski definition) is 1. The maximum absolute atomic E-state index is 13.5. The SMILES string of the molecule is O=C(N1CCN(C2CCOCC2)CC1)C1(n2cccn2)CCNCC1. The summed E-state index contributed by atoms with van der Waals surface area (Å²) in [5.74, 6) is 0.254. The summed E-state index contributed by atoms with van der Waals surface area (Å²) in [5.41, 5.74) is -0.504. The van der Waals surface area contributed by atoms with Crippen molar-refractivity contribution < 1.29 is 9.53 Å². The van der Waals surface area contributed by atoms with Gasteiger partial charge in [-0.25, -0.2) is 0 Å². The molecular formula is C18H29N5O2. The highest BCUT2D eigenvalue weighted by atomic mass is 16.5. The summed E-state index contributed by atoms with van der Waals surface area (Å²) in [6, 6.07) is 2.55. The van der Waals surface area contributed by atoms with Crippen molar-refractivity contribution in [3.05, 3.63) is 18.5 Å². The summed E-state index contributed by atoms with van der Waals surface area (Å²) in [7, 11) is 0. The molecule has 0 aliphatic carbocycles. The predicted octanol–water partition coefficient (Wildman–Crippen LogP) is 0.285. The van der Waals surface area contributed by atoms with Gasteiger partial charge in [-0.1, -0.05) is 0 Å². The van der Waals surface area contributed by atoms with E-state index in [1.54, 1.807) is 6.20 Å². The molecule has 1 aromatic rings. The third-order valence-corrected chi connectivity index (χ3v) is 6.08. The van der Waals surface area contributed by atoms with Crippen molar-refractivity contribution in [2.75, 3.05) is 52.5 Å². The van der Waals surface area contributed by atoms with Crippen LogP contribution in [0.15, 0.2) is 18.5 Å². The Morgan fingerprint density at radius 1 is 1.12 bits per heavy atom. The first kappa shape index (κ1) is 17.0. The Hall–Kier alpha value is -1.44. The quantitative estimate of drug-likeness (QED) is 0.851. The molecule has 1 amide bonds. The van der Waals surface area contributed by atoms with E-state index in [0.29, 0.717) is 6.04 Å². The van der Waals surface area contributed by atoms with E-state index in [-0.39, 0.29) is 5.91 Å². The second-order valence-electron chi connectivity index (χ2n) is 7.40. The van der Waals surface area contributed by atoms with Crippen LogP contribution in [0.4, 0.5) is 0 Å². The largest absolute Gasteiger partial charge is 0.381 e. The van der Waals surface area contributed by atoms with E-state index in [1.807, 2.05) is 16.9 Å². The fourth-order valence-electron chi connectivity index (χ4n) is 4.54. The minimum absolute atomic E-state index is 0.254. The van der Waals surface area contributed by atoms with Gasteiger partial charge < -0.3 is 15.0 Å². The van der Waals surface area contributed by atoms with Crippen molar-refractivity contribution in [2.45, 2.75) is 37.3 Å². The van der Waals surface area contributed by atoms with Crippen LogP contribution >= 0.6 is 0 Å². The molecule has 0 saturated carbocycles. The molecule has 3 fully saturated rings. The van der Waals surface area contributed by atoms with Crippen LogP contribution in [0.3, 0.4) is 0 Å². The third-order valence-electron chi connectivity index (χ3n) is 6.08.